The number of halogens is 1. The number of anilines is 2. The zero-order valence-electron chi connectivity index (χ0n) is 10.1. The van der Waals surface area contributed by atoms with Crippen molar-refractivity contribution in [3.63, 3.8) is 0 Å². The van der Waals surface area contributed by atoms with Gasteiger partial charge in [-0.1, -0.05) is 0 Å². The maximum atomic E-state index is 8.91. The van der Waals surface area contributed by atoms with Crippen molar-refractivity contribution in [1.82, 2.24) is 9.97 Å². The van der Waals surface area contributed by atoms with Gasteiger partial charge >= 0.3 is 0 Å². The Labute approximate surface area is 114 Å². The molecule has 0 amide bonds. The standard InChI is InChI=1S/C11H14BrN5O/c1-2-14-11-15-6-9(12)10(16-11)17-3-4-18-8(5-13)7-17/h6,8H,2-4,7H2,1H3,(H,14,15,16). The molecular weight excluding hydrogens is 298 g/mol. The van der Waals surface area contributed by atoms with Crippen LogP contribution < -0.4 is 10.2 Å². The molecule has 1 atom stereocenters. The van der Waals surface area contributed by atoms with Crippen LogP contribution in [-0.4, -0.2) is 42.3 Å². The van der Waals surface area contributed by atoms with Crippen molar-refractivity contribution in [2.24, 2.45) is 0 Å². The molecule has 6 nitrogen and oxygen atoms in total. The molecule has 0 spiro atoms. The van der Waals surface area contributed by atoms with Gasteiger partial charge in [0.2, 0.25) is 5.95 Å². The minimum Gasteiger partial charge on any atom is -0.360 e. The Kier molecular flexibility index (Phi) is 4.33. The van der Waals surface area contributed by atoms with Crippen LogP contribution >= 0.6 is 15.9 Å². The Balaban J connectivity index is 2.21. The Morgan fingerprint density at radius 1 is 1.72 bits per heavy atom. The Morgan fingerprint density at radius 3 is 3.28 bits per heavy atom. The predicted octanol–water partition coefficient (Wildman–Crippen LogP) is 1.40. The van der Waals surface area contributed by atoms with Gasteiger partial charge < -0.3 is 15.0 Å². The van der Waals surface area contributed by atoms with Crippen LogP contribution in [0.5, 0.6) is 0 Å². The van der Waals surface area contributed by atoms with E-state index < -0.39 is 6.10 Å². The number of hydrogen-bond donors (Lipinski definition) is 1. The summed E-state index contributed by atoms with van der Waals surface area (Å²) in [6.45, 7) is 4.54. The lowest BCUT2D eigenvalue weighted by Gasteiger charge is -2.31. The highest BCUT2D eigenvalue weighted by Crippen LogP contribution is 2.25. The summed E-state index contributed by atoms with van der Waals surface area (Å²) in [5.74, 6) is 1.39. The van der Waals surface area contributed by atoms with Crippen LogP contribution in [0.25, 0.3) is 0 Å². The third kappa shape index (κ3) is 2.89. The highest BCUT2D eigenvalue weighted by molar-refractivity contribution is 9.10. The molecule has 0 aromatic carbocycles. The molecule has 18 heavy (non-hydrogen) atoms. The van der Waals surface area contributed by atoms with E-state index in [9.17, 15) is 0 Å². The Hall–Kier alpha value is -1.39. The zero-order valence-corrected chi connectivity index (χ0v) is 11.6. The van der Waals surface area contributed by atoms with Crippen LogP contribution in [0.3, 0.4) is 0 Å². The molecule has 1 aromatic heterocycles. The van der Waals surface area contributed by atoms with Crippen LogP contribution in [0, 0.1) is 11.3 Å². The number of rotatable bonds is 3. The van der Waals surface area contributed by atoms with E-state index in [0.717, 1.165) is 23.4 Å². The second-order valence-electron chi connectivity index (χ2n) is 3.83. The molecule has 1 unspecified atom stereocenters. The molecular formula is C11H14BrN5O. The summed E-state index contributed by atoms with van der Waals surface area (Å²) >= 11 is 3.44. The molecule has 1 fully saturated rings. The van der Waals surface area contributed by atoms with Gasteiger partial charge in [0.05, 0.1) is 23.7 Å². The van der Waals surface area contributed by atoms with E-state index in [2.05, 4.69) is 37.3 Å². The fourth-order valence-corrected chi connectivity index (χ4v) is 2.18. The second-order valence-corrected chi connectivity index (χ2v) is 4.68. The average molecular weight is 312 g/mol. The lowest BCUT2D eigenvalue weighted by molar-refractivity contribution is 0.0761. The van der Waals surface area contributed by atoms with E-state index in [1.807, 2.05) is 11.8 Å². The smallest absolute Gasteiger partial charge is 0.224 e. The minimum absolute atomic E-state index is 0.400. The van der Waals surface area contributed by atoms with Crippen molar-refractivity contribution >= 4 is 27.7 Å². The summed E-state index contributed by atoms with van der Waals surface area (Å²) in [7, 11) is 0. The Morgan fingerprint density at radius 2 is 2.56 bits per heavy atom. The largest absolute Gasteiger partial charge is 0.360 e. The molecule has 0 bridgehead atoms. The molecule has 0 aliphatic carbocycles. The third-order valence-electron chi connectivity index (χ3n) is 2.57. The molecule has 1 N–H and O–H groups in total. The maximum absolute atomic E-state index is 8.91. The fraction of sp³-hybridized carbons (Fsp3) is 0.545. The topological polar surface area (TPSA) is 74.1 Å². The molecule has 7 heteroatoms. The number of ether oxygens (including phenoxy) is 1. The summed E-state index contributed by atoms with van der Waals surface area (Å²) in [5, 5.41) is 12.0. The first-order valence-corrected chi connectivity index (χ1v) is 6.56. The van der Waals surface area contributed by atoms with E-state index in [1.165, 1.54) is 0 Å². The molecule has 1 aliphatic rings. The SMILES string of the molecule is CCNc1ncc(Br)c(N2CCOC(C#N)C2)n1. The van der Waals surface area contributed by atoms with E-state index in [4.69, 9.17) is 10.00 Å². The first-order chi connectivity index (χ1) is 8.74. The lowest BCUT2D eigenvalue weighted by atomic mass is 10.3. The molecule has 96 valence electrons. The summed E-state index contributed by atoms with van der Waals surface area (Å²) in [6.07, 6.45) is 1.32. The number of nitrogens with zero attached hydrogens (tertiary/aromatic N) is 4. The molecule has 0 radical (unpaired) electrons. The monoisotopic (exact) mass is 311 g/mol. The van der Waals surface area contributed by atoms with E-state index in [0.29, 0.717) is 19.1 Å². The van der Waals surface area contributed by atoms with Crippen LogP contribution in [0.15, 0.2) is 10.7 Å². The van der Waals surface area contributed by atoms with Crippen LogP contribution in [0.1, 0.15) is 6.92 Å². The normalized spacial score (nSPS) is 19.4. The van der Waals surface area contributed by atoms with Crippen molar-refractivity contribution in [3.8, 4) is 6.07 Å². The minimum atomic E-state index is -0.400. The fourth-order valence-electron chi connectivity index (χ4n) is 1.74. The van der Waals surface area contributed by atoms with Gasteiger partial charge in [0.15, 0.2) is 6.10 Å². The van der Waals surface area contributed by atoms with Gasteiger partial charge in [-0.3, -0.25) is 0 Å². The summed E-state index contributed by atoms with van der Waals surface area (Å²) in [4.78, 5) is 10.6. The number of aromatic nitrogens is 2. The summed E-state index contributed by atoms with van der Waals surface area (Å²) in [5.41, 5.74) is 0. The van der Waals surface area contributed by atoms with Crippen LogP contribution in [0.4, 0.5) is 11.8 Å². The van der Waals surface area contributed by atoms with Crippen molar-refractivity contribution < 1.29 is 4.74 Å². The van der Waals surface area contributed by atoms with Crippen molar-refractivity contribution in [1.29, 1.82) is 5.26 Å². The number of morpholine rings is 1. The number of nitrogens with one attached hydrogen (secondary N) is 1. The molecule has 2 heterocycles. The zero-order chi connectivity index (χ0) is 13.0. The van der Waals surface area contributed by atoms with Crippen LogP contribution in [0.2, 0.25) is 0 Å². The molecule has 1 aliphatic heterocycles. The number of hydrogen-bond acceptors (Lipinski definition) is 6. The number of nitriles is 1. The first kappa shape index (κ1) is 13.1. The van der Waals surface area contributed by atoms with Gasteiger partial charge in [-0.25, -0.2) is 4.98 Å². The highest BCUT2D eigenvalue weighted by atomic mass is 79.9. The van der Waals surface area contributed by atoms with Gasteiger partial charge in [0.1, 0.15) is 5.82 Å². The predicted molar refractivity (Wildman–Crippen MR) is 71.5 cm³/mol. The van der Waals surface area contributed by atoms with Crippen molar-refractivity contribution in [2.75, 3.05) is 36.5 Å². The quantitative estimate of drug-likeness (QED) is 0.909. The Bertz CT molecular complexity index is 461. The average Bonchev–Trinajstić information content (AvgIpc) is 2.41. The summed E-state index contributed by atoms with van der Waals surface area (Å²) < 4.78 is 6.14. The van der Waals surface area contributed by atoms with E-state index >= 15 is 0 Å². The maximum Gasteiger partial charge on any atom is 0.224 e. The van der Waals surface area contributed by atoms with Crippen molar-refractivity contribution in [2.45, 2.75) is 13.0 Å². The van der Waals surface area contributed by atoms with Gasteiger partial charge in [-0.15, -0.1) is 0 Å². The second kappa shape index (κ2) is 5.98. The molecule has 0 saturated carbocycles. The highest BCUT2D eigenvalue weighted by Gasteiger charge is 2.23. The van der Waals surface area contributed by atoms with Gasteiger partial charge in [-0.2, -0.15) is 10.2 Å². The summed E-state index contributed by atoms with van der Waals surface area (Å²) in [6, 6.07) is 2.12. The lowest BCUT2D eigenvalue weighted by Crippen LogP contribution is -2.42. The van der Waals surface area contributed by atoms with Gasteiger partial charge in [0, 0.05) is 19.3 Å². The van der Waals surface area contributed by atoms with E-state index in [-0.39, 0.29) is 0 Å². The first-order valence-electron chi connectivity index (χ1n) is 5.77. The molecule has 1 saturated heterocycles. The van der Waals surface area contributed by atoms with Crippen LogP contribution in [-0.2, 0) is 4.74 Å². The molecule has 2 rings (SSSR count). The van der Waals surface area contributed by atoms with Gasteiger partial charge in [-0.05, 0) is 22.9 Å². The van der Waals surface area contributed by atoms with Crippen molar-refractivity contribution in [3.05, 3.63) is 10.7 Å². The van der Waals surface area contributed by atoms with Gasteiger partial charge in [0.25, 0.3) is 0 Å². The third-order valence-corrected chi connectivity index (χ3v) is 3.13. The van der Waals surface area contributed by atoms with E-state index in [1.54, 1.807) is 6.20 Å². The molecule has 1 aromatic rings.